The van der Waals surface area contributed by atoms with Gasteiger partial charge in [-0.25, -0.2) is 0 Å². The molecule has 1 aliphatic rings. The highest BCUT2D eigenvalue weighted by molar-refractivity contribution is 6.67. The van der Waals surface area contributed by atoms with Gasteiger partial charge in [-0.2, -0.15) is 18.3 Å². The van der Waals surface area contributed by atoms with Crippen LogP contribution in [-0.4, -0.2) is 39.1 Å². The number of hydrogen-bond donors (Lipinski definition) is 0. The second-order valence-corrected chi connectivity index (χ2v) is 6.47. The average Bonchev–Trinajstić information content (AvgIpc) is 2.67. The summed E-state index contributed by atoms with van der Waals surface area (Å²) in [6.07, 6.45) is -2.21. The van der Waals surface area contributed by atoms with Gasteiger partial charge in [-0.1, -0.05) is 61.0 Å². The average molecular weight is 341 g/mol. The lowest BCUT2D eigenvalue weighted by Gasteiger charge is -2.35. The second kappa shape index (κ2) is 6.59. The highest BCUT2D eigenvalue weighted by Crippen LogP contribution is 2.40. The Morgan fingerprint density at radius 2 is 1.79 bits per heavy atom. The van der Waals surface area contributed by atoms with E-state index in [1.807, 2.05) is 6.92 Å². The third-order valence-electron chi connectivity index (χ3n) is 2.70. The molecule has 0 aromatic heterocycles. The fourth-order valence-corrected chi connectivity index (χ4v) is 2.21. The topological polar surface area (TPSA) is 18.8 Å². The summed E-state index contributed by atoms with van der Waals surface area (Å²) in [5, 5.41) is 4.60. The van der Waals surface area contributed by atoms with Crippen molar-refractivity contribution in [1.29, 1.82) is 0 Å². The van der Waals surface area contributed by atoms with Gasteiger partial charge in [-0.05, 0) is 6.42 Å². The van der Waals surface area contributed by atoms with Crippen LogP contribution in [0.1, 0.15) is 32.6 Å². The quantitative estimate of drug-likeness (QED) is 0.421. The summed E-state index contributed by atoms with van der Waals surface area (Å²) in [7, 11) is 0. The molecule has 0 amide bonds. The van der Waals surface area contributed by atoms with Crippen molar-refractivity contribution in [3.63, 3.8) is 0 Å². The molecule has 1 aliphatic heterocycles. The van der Waals surface area contributed by atoms with Crippen LogP contribution in [0, 0.1) is 0 Å². The van der Waals surface area contributed by atoms with E-state index in [1.54, 1.807) is 0 Å². The molecule has 0 saturated heterocycles. The van der Waals surface area contributed by atoms with Gasteiger partial charge >= 0.3 is 6.18 Å². The fourth-order valence-electron chi connectivity index (χ4n) is 1.80. The van der Waals surface area contributed by atoms with Gasteiger partial charge < -0.3 is 0 Å². The molecule has 3 nitrogen and oxygen atoms in total. The number of rotatable bonds is 5. The Morgan fingerprint density at radius 3 is 2.26 bits per heavy atom. The van der Waals surface area contributed by atoms with Gasteiger partial charge in [0.25, 0.3) is 3.92 Å². The first kappa shape index (κ1) is 17.0. The molecular formula is C10H15Cl3F3N3. The number of halogens is 6. The summed E-state index contributed by atoms with van der Waals surface area (Å²) in [6.45, 7) is 2.20. The summed E-state index contributed by atoms with van der Waals surface area (Å²) >= 11 is 16.6. The predicted molar refractivity (Wildman–Crippen MR) is 71.3 cm³/mol. The Bertz CT molecular complexity index is 317. The van der Waals surface area contributed by atoms with Crippen LogP contribution < -0.4 is 0 Å². The standard InChI is InChI=1S/C10H15Cl3F3N3/c1-2-3-4-5-6-19-8(9(14,15)16)18(7-17-19)10(11,12)13/h7-8H,2-6H2,1H3. The van der Waals surface area contributed by atoms with E-state index in [1.165, 1.54) is 0 Å². The molecule has 0 N–H and O–H groups in total. The molecule has 1 unspecified atom stereocenters. The Hall–Kier alpha value is -0.0700. The third kappa shape index (κ3) is 4.76. The normalized spacial score (nSPS) is 20.5. The lowest BCUT2D eigenvalue weighted by atomic mass is 10.2. The van der Waals surface area contributed by atoms with E-state index in [9.17, 15) is 13.2 Å². The first-order valence-electron chi connectivity index (χ1n) is 5.90. The van der Waals surface area contributed by atoms with E-state index in [0.717, 1.165) is 30.6 Å². The van der Waals surface area contributed by atoms with Crippen LogP contribution in [0.3, 0.4) is 0 Å². The van der Waals surface area contributed by atoms with E-state index >= 15 is 0 Å². The Kier molecular flexibility index (Phi) is 5.89. The maximum Gasteiger partial charge on any atom is 0.429 e. The molecule has 112 valence electrons. The van der Waals surface area contributed by atoms with Crippen molar-refractivity contribution in [2.24, 2.45) is 5.10 Å². The SMILES string of the molecule is CCCCCCN1N=CN(C(Cl)(Cl)Cl)C1C(F)(F)F. The van der Waals surface area contributed by atoms with Gasteiger partial charge in [0, 0.05) is 6.54 Å². The van der Waals surface area contributed by atoms with Crippen molar-refractivity contribution in [3.8, 4) is 0 Å². The van der Waals surface area contributed by atoms with Crippen molar-refractivity contribution in [3.05, 3.63) is 0 Å². The number of nitrogens with zero attached hydrogens (tertiary/aromatic N) is 3. The summed E-state index contributed by atoms with van der Waals surface area (Å²) in [5.74, 6) is 0. The minimum atomic E-state index is -4.55. The molecule has 0 spiro atoms. The number of alkyl halides is 6. The van der Waals surface area contributed by atoms with Crippen molar-refractivity contribution >= 4 is 41.1 Å². The maximum absolute atomic E-state index is 13.0. The van der Waals surface area contributed by atoms with Gasteiger partial charge in [0.2, 0.25) is 6.17 Å². The number of hydrazone groups is 1. The molecule has 9 heteroatoms. The van der Waals surface area contributed by atoms with Gasteiger partial charge in [-0.3, -0.25) is 9.91 Å². The van der Waals surface area contributed by atoms with Crippen molar-refractivity contribution in [1.82, 2.24) is 9.91 Å². The van der Waals surface area contributed by atoms with E-state index < -0.39 is 16.3 Å². The molecule has 1 heterocycles. The Balaban J connectivity index is 2.69. The number of unbranched alkanes of at least 4 members (excludes halogenated alkanes) is 3. The zero-order valence-electron chi connectivity index (χ0n) is 10.3. The molecule has 19 heavy (non-hydrogen) atoms. The van der Waals surface area contributed by atoms with Crippen LogP contribution in [0.2, 0.25) is 0 Å². The minimum absolute atomic E-state index is 0.178. The highest BCUT2D eigenvalue weighted by Gasteiger charge is 2.54. The monoisotopic (exact) mass is 339 g/mol. The van der Waals surface area contributed by atoms with Crippen LogP contribution in [0.5, 0.6) is 0 Å². The van der Waals surface area contributed by atoms with Crippen molar-refractivity contribution < 1.29 is 13.2 Å². The van der Waals surface area contributed by atoms with Crippen LogP contribution in [0.25, 0.3) is 0 Å². The van der Waals surface area contributed by atoms with Crippen molar-refractivity contribution in [2.75, 3.05) is 6.54 Å². The van der Waals surface area contributed by atoms with E-state index in [-0.39, 0.29) is 6.54 Å². The smallest absolute Gasteiger partial charge is 0.286 e. The first-order valence-corrected chi connectivity index (χ1v) is 7.04. The van der Waals surface area contributed by atoms with Crippen LogP contribution in [0.15, 0.2) is 5.10 Å². The number of hydrogen-bond acceptors (Lipinski definition) is 3. The lowest BCUT2D eigenvalue weighted by Crippen LogP contribution is -2.54. The van der Waals surface area contributed by atoms with Gasteiger partial charge in [0.1, 0.15) is 6.34 Å². The van der Waals surface area contributed by atoms with Crippen LogP contribution in [0.4, 0.5) is 13.2 Å². The first-order chi connectivity index (χ1) is 8.68. The maximum atomic E-state index is 13.0. The Morgan fingerprint density at radius 1 is 1.16 bits per heavy atom. The van der Waals surface area contributed by atoms with Crippen LogP contribution in [-0.2, 0) is 0 Å². The van der Waals surface area contributed by atoms with Crippen molar-refractivity contribution in [2.45, 2.75) is 48.9 Å². The summed E-state index contributed by atoms with van der Waals surface area (Å²) in [6, 6.07) is 0. The molecule has 0 radical (unpaired) electrons. The largest absolute Gasteiger partial charge is 0.429 e. The zero-order chi connectivity index (χ0) is 14.7. The summed E-state index contributed by atoms with van der Waals surface area (Å²) < 4.78 is 36.9. The van der Waals surface area contributed by atoms with Gasteiger partial charge in [0.05, 0.1) is 0 Å². The van der Waals surface area contributed by atoms with Gasteiger partial charge in [0.15, 0.2) is 0 Å². The molecule has 0 fully saturated rings. The molecular weight excluding hydrogens is 325 g/mol. The molecule has 0 aliphatic carbocycles. The van der Waals surface area contributed by atoms with Crippen LogP contribution >= 0.6 is 34.8 Å². The molecule has 0 aromatic carbocycles. The fraction of sp³-hybridized carbons (Fsp3) is 0.900. The third-order valence-corrected chi connectivity index (χ3v) is 3.28. The summed E-state index contributed by atoms with van der Waals surface area (Å²) in [4.78, 5) is 0.581. The lowest BCUT2D eigenvalue weighted by molar-refractivity contribution is -0.208. The van der Waals surface area contributed by atoms with E-state index in [0.29, 0.717) is 11.3 Å². The zero-order valence-corrected chi connectivity index (χ0v) is 12.6. The molecule has 0 aromatic rings. The second-order valence-electron chi connectivity index (χ2n) is 4.25. The highest BCUT2D eigenvalue weighted by atomic mass is 35.6. The Labute approximate surface area is 125 Å². The van der Waals surface area contributed by atoms with E-state index in [2.05, 4.69) is 5.10 Å². The van der Waals surface area contributed by atoms with Gasteiger partial charge in [-0.15, -0.1) is 0 Å². The predicted octanol–water partition coefficient (Wildman–Crippen LogP) is 4.34. The molecule has 0 saturated carbocycles. The molecule has 1 atom stereocenters. The minimum Gasteiger partial charge on any atom is -0.286 e. The molecule has 1 rings (SSSR count). The summed E-state index contributed by atoms with van der Waals surface area (Å²) in [5.41, 5.74) is 0. The molecule has 0 bridgehead atoms. The van der Waals surface area contributed by atoms with E-state index in [4.69, 9.17) is 34.8 Å².